The number of nitrogens with two attached hydrogens (primary N) is 1. The normalized spacial score (nSPS) is 10.4. The van der Waals surface area contributed by atoms with Crippen LogP contribution in [0.3, 0.4) is 0 Å². The van der Waals surface area contributed by atoms with E-state index in [2.05, 4.69) is 4.74 Å². The molecule has 0 aliphatic carbocycles. The lowest BCUT2D eigenvalue weighted by molar-refractivity contribution is -0.0522. The van der Waals surface area contributed by atoms with E-state index >= 15 is 0 Å². The molecular weight excluding hydrogens is 199 g/mol. The maximum atomic E-state index is 12.9. The summed E-state index contributed by atoms with van der Waals surface area (Å²) in [5.41, 5.74) is 5.34. The third kappa shape index (κ3) is 2.21. The summed E-state index contributed by atoms with van der Waals surface area (Å²) < 4.78 is 45.1. The van der Waals surface area contributed by atoms with Gasteiger partial charge in [-0.05, 0) is 0 Å². The van der Waals surface area contributed by atoms with Gasteiger partial charge in [0.05, 0.1) is 12.8 Å². The van der Waals surface area contributed by atoms with Gasteiger partial charge in [-0.2, -0.15) is 8.78 Å². The number of hydrogen-bond acceptors (Lipinski definition) is 3. The van der Waals surface area contributed by atoms with Crippen LogP contribution in [0.4, 0.5) is 18.9 Å². The van der Waals surface area contributed by atoms with Crippen molar-refractivity contribution in [3.8, 4) is 11.5 Å². The number of ether oxygens (including phenoxy) is 2. The predicted octanol–water partition coefficient (Wildman–Crippen LogP) is 2.02. The van der Waals surface area contributed by atoms with Crippen LogP contribution in [0.15, 0.2) is 12.1 Å². The molecule has 0 atom stereocenters. The van der Waals surface area contributed by atoms with Gasteiger partial charge in [-0.15, -0.1) is 0 Å². The van der Waals surface area contributed by atoms with E-state index in [4.69, 9.17) is 10.5 Å². The second kappa shape index (κ2) is 4.08. The number of alkyl halides is 2. The molecule has 1 aromatic carbocycles. The van der Waals surface area contributed by atoms with Crippen LogP contribution >= 0.6 is 0 Å². The molecule has 0 saturated heterocycles. The first-order valence-electron chi connectivity index (χ1n) is 3.62. The monoisotopic (exact) mass is 207 g/mol. The molecule has 1 rings (SSSR count). The van der Waals surface area contributed by atoms with Gasteiger partial charge in [0.1, 0.15) is 5.75 Å². The number of hydrogen-bond donors (Lipinski definition) is 1. The van der Waals surface area contributed by atoms with E-state index in [1.165, 1.54) is 7.11 Å². The summed E-state index contributed by atoms with van der Waals surface area (Å²) in [6.07, 6.45) is 0. The Labute approximate surface area is 78.2 Å². The van der Waals surface area contributed by atoms with Crippen LogP contribution in [0.2, 0.25) is 0 Å². The summed E-state index contributed by atoms with van der Waals surface area (Å²) >= 11 is 0. The van der Waals surface area contributed by atoms with Gasteiger partial charge in [-0.3, -0.25) is 0 Å². The van der Waals surface area contributed by atoms with Crippen molar-refractivity contribution in [2.75, 3.05) is 12.8 Å². The maximum absolute atomic E-state index is 12.9. The largest absolute Gasteiger partial charge is 0.494 e. The minimum atomic E-state index is -3.09. The van der Waals surface area contributed by atoms with Crippen LogP contribution in [0.1, 0.15) is 0 Å². The van der Waals surface area contributed by atoms with Crippen molar-refractivity contribution in [1.82, 2.24) is 0 Å². The van der Waals surface area contributed by atoms with E-state index in [9.17, 15) is 13.2 Å². The van der Waals surface area contributed by atoms with Gasteiger partial charge >= 0.3 is 6.61 Å². The van der Waals surface area contributed by atoms with Gasteiger partial charge in [0.2, 0.25) is 0 Å². The number of anilines is 1. The third-order valence-corrected chi connectivity index (χ3v) is 1.50. The fourth-order valence-electron chi connectivity index (χ4n) is 0.913. The molecule has 78 valence electrons. The van der Waals surface area contributed by atoms with E-state index in [1.54, 1.807) is 0 Å². The highest BCUT2D eigenvalue weighted by atomic mass is 19.3. The average molecular weight is 207 g/mol. The summed E-state index contributed by atoms with van der Waals surface area (Å²) in [7, 11) is 1.29. The molecule has 0 fully saturated rings. The first-order valence-corrected chi connectivity index (χ1v) is 3.62. The molecule has 14 heavy (non-hydrogen) atoms. The highest BCUT2D eigenvalue weighted by Crippen LogP contribution is 2.30. The first-order chi connectivity index (χ1) is 6.54. The summed E-state index contributed by atoms with van der Waals surface area (Å²) in [4.78, 5) is 0. The third-order valence-electron chi connectivity index (χ3n) is 1.50. The van der Waals surface area contributed by atoms with Crippen LogP contribution in [-0.4, -0.2) is 13.7 Å². The Bertz CT molecular complexity index is 331. The summed E-state index contributed by atoms with van der Waals surface area (Å²) in [6, 6.07) is 1.83. The van der Waals surface area contributed by atoms with E-state index in [1.807, 2.05) is 0 Å². The zero-order chi connectivity index (χ0) is 10.7. The smallest absolute Gasteiger partial charge is 0.387 e. The molecule has 2 N–H and O–H groups in total. The second-order valence-electron chi connectivity index (χ2n) is 2.40. The Balaban J connectivity index is 3.04. The first kappa shape index (κ1) is 10.5. The average Bonchev–Trinajstić information content (AvgIpc) is 2.09. The summed E-state index contributed by atoms with van der Waals surface area (Å²) in [5, 5.41) is 0. The van der Waals surface area contributed by atoms with Crippen molar-refractivity contribution in [3.63, 3.8) is 0 Å². The Morgan fingerprint density at radius 1 is 1.29 bits per heavy atom. The Hall–Kier alpha value is -1.59. The van der Waals surface area contributed by atoms with Gasteiger partial charge in [0, 0.05) is 12.1 Å². The molecule has 0 amide bonds. The lowest BCUT2D eigenvalue weighted by Gasteiger charge is -2.09. The molecule has 1 aromatic rings. The van der Waals surface area contributed by atoms with Gasteiger partial charge in [0.15, 0.2) is 11.6 Å². The minimum absolute atomic E-state index is 0.0200. The van der Waals surface area contributed by atoms with Crippen molar-refractivity contribution in [3.05, 3.63) is 17.9 Å². The van der Waals surface area contributed by atoms with E-state index in [0.29, 0.717) is 0 Å². The van der Waals surface area contributed by atoms with Crippen molar-refractivity contribution in [2.24, 2.45) is 0 Å². The highest BCUT2D eigenvalue weighted by Gasteiger charge is 2.13. The lowest BCUT2D eigenvalue weighted by atomic mass is 10.2. The number of rotatable bonds is 3. The predicted molar refractivity (Wildman–Crippen MR) is 44.0 cm³/mol. The molecule has 0 aromatic heterocycles. The van der Waals surface area contributed by atoms with Crippen LogP contribution in [0.5, 0.6) is 11.5 Å². The molecule has 3 nitrogen and oxygen atoms in total. The van der Waals surface area contributed by atoms with Gasteiger partial charge in [0.25, 0.3) is 0 Å². The number of benzene rings is 1. The molecule has 0 aliphatic rings. The fourth-order valence-corrected chi connectivity index (χ4v) is 0.913. The summed E-state index contributed by atoms with van der Waals surface area (Å²) in [6.45, 7) is -3.09. The molecule has 0 bridgehead atoms. The molecule has 0 saturated carbocycles. The Morgan fingerprint density at radius 2 is 1.93 bits per heavy atom. The van der Waals surface area contributed by atoms with Crippen molar-refractivity contribution in [2.45, 2.75) is 6.61 Å². The molecule has 0 radical (unpaired) electrons. The van der Waals surface area contributed by atoms with Crippen molar-refractivity contribution >= 4 is 5.69 Å². The zero-order valence-corrected chi connectivity index (χ0v) is 7.26. The van der Waals surface area contributed by atoms with Gasteiger partial charge < -0.3 is 15.2 Å². The van der Waals surface area contributed by atoms with Crippen LogP contribution in [-0.2, 0) is 0 Å². The van der Waals surface area contributed by atoms with Crippen molar-refractivity contribution < 1.29 is 22.6 Å². The number of methoxy groups -OCH3 is 1. The molecule has 0 unspecified atom stereocenters. The molecule has 0 spiro atoms. The number of nitrogen functional groups attached to an aromatic ring is 1. The SMILES string of the molecule is COc1cc(OC(F)F)c(F)cc1N. The van der Waals surface area contributed by atoms with Crippen LogP contribution in [0.25, 0.3) is 0 Å². The topological polar surface area (TPSA) is 44.5 Å². The maximum Gasteiger partial charge on any atom is 0.387 e. The fraction of sp³-hybridized carbons (Fsp3) is 0.250. The zero-order valence-electron chi connectivity index (χ0n) is 7.26. The van der Waals surface area contributed by atoms with Gasteiger partial charge in [-0.1, -0.05) is 0 Å². The molecular formula is C8H8F3NO2. The summed E-state index contributed by atoms with van der Waals surface area (Å²) in [5.74, 6) is -1.46. The van der Waals surface area contributed by atoms with E-state index in [0.717, 1.165) is 12.1 Å². The minimum Gasteiger partial charge on any atom is -0.494 e. The number of halogens is 3. The lowest BCUT2D eigenvalue weighted by Crippen LogP contribution is -2.05. The standard InChI is InChI=1S/C8H8F3NO2/c1-13-7-3-6(14-8(10)11)4(9)2-5(7)12/h2-3,8H,12H2,1H3. The molecule has 6 heteroatoms. The molecule has 0 aliphatic heterocycles. The van der Waals surface area contributed by atoms with Crippen molar-refractivity contribution in [1.29, 1.82) is 0 Å². The molecule has 0 heterocycles. The van der Waals surface area contributed by atoms with E-state index in [-0.39, 0.29) is 11.4 Å². The Kier molecular flexibility index (Phi) is 3.06. The quantitative estimate of drug-likeness (QED) is 0.771. The van der Waals surface area contributed by atoms with Crippen LogP contribution < -0.4 is 15.2 Å². The van der Waals surface area contributed by atoms with Gasteiger partial charge in [-0.25, -0.2) is 4.39 Å². The van der Waals surface area contributed by atoms with Crippen LogP contribution in [0, 0.1) is 5.82 Å². The Morgan fingerprint density at radius 3 is 2.43 bits per heavy atom. The van der Waals surface area contributed by atoms with E-state index < -0.39 is 18.2 Å². The highest BCUT2D eigenvalue weighted by molar-refractivity contribution is 5.56. The second-order valence-corrected chi connectivity index (χ2v) is 2.40.